The largest absolute Gasteiger partial charge is 0.478 e. The maximum absolute atomic E-state index is 13.8. The molecule has 3 amide bonds. The topological polar surface area (TPSA) is 116 Å². The molecule has 0 heterocycles. The minimum atomic E-state index is -1.06. The fraction of sp³-hybridized carbons (Fsp3) is 0.714. The van der Waals surface area contributed by atoms with E-state index < -0.39 is 52.5 Å². The van der Waals surface area contributed by atoms with E-state index in [1.807, 2.05) is 34.6 Å². The smallest absolute Gasteiger partial charge is 0.410 e. The van der Waals surface area contributed by atoms with Crippen molar-refractivity contribution in [1.82, 2.24) is 15.1 Å². The minimum Gasteiger partial charge on any atom is -0.478 e. The predicted molar refractivity (Wildman–Crippen MR) is 146 cm³/mol. The normalized spacial score (nSPS) is 15.4. The summed E-state index contributed by atoms with van der Waals surface area (Å²) in [5, 5.41) is 12.2. The van der Waals surface area contributed by atoms with Crippen molar-refractivity contribution >= 4 is 23.9 Å². The Morgan fingerprint density at radius 1 is 0.946 bits per heavy atom. The highest BCUT2D eigenvalue weighted by atomic mass is 16.6. The van der Waals surface area contributed by atoms with E-state index in [9.17, 15) is 24.3 Å². The summed E-state index contributed by atoms with van der Waals surface area (Å²) in [6, 6.07) is -2.48. The number of ether oxygens (including phenoxy) is 1. The quantitative estimate of drug-likeness (QED) is 0.322. The van der Waals surface area contributed by atoms with Crippen molar-refractivity contribution in [3.8, 4) is 0 Å². The van der Waals surface area contributed by atoms with Crippen LogP contribution >= 0.6 is 0 Å². The molecule has 0 aromatic rings. The Labute approximate surface area is 223 Å². The van der Waals surface area contributed by atoms with Gasteiger partial charge in [-0.05, 0) is 39.0 Å². The van der Waals surface area contributed by atoms with Gasteiger partial charge in [0.25, 0.3) is 0 Å². The lowest BCUT2D eigenvalue weighted by Gasteiger charge is -2.41. The van der Waals surface area contributed by atoms with E-state index in [2.05, 4.69) is 11.9 Å². The monoisotopic (exact) mass is 523 g/mol. The van der Waals surface area contributed by atoms with Gasteiger partial charge in [-0.15, -0.1) is 6.58 Å². The van der Waals surface area contributed by atoms with Crippen LogP contribution < -0.4 is 5.32 Å². The van der Waals surface area contributed by atoms with Crippen LogP contribution in [0.2, 0.25) is 0 Å². The molecule has 0 saturated heterocycles. The molecule has 0 rings (SSSR count). The first kappa shape index (κ1) is 34.2. The average molecular weight is 524 g/mol. The third-order valence-electron chi connectivity index (χ3n) is 6.18. The van der Waals surface area contributed by atoms with Crippen LogP contribution in [-0.4, -0.2) is 76.6 Å². The lowest BCUT2D eigenvalue weighted by atomic mass is 9.81. The van der Waals surface area contributed by atoms with Crippen LogP contribution in [0.4, 0.5) is 4.79 Å². The van der Waals surface area contributed by atoms with E-state index in [-0.39, 0.29) is 17.4 Å². The van der Waals surface area contributed by atoms with E-state index in [1.54, 1.807) is 53.8 Å². The molecule has 0 bridgehead atoms. The van der Waals surface area contributed by atoms with Crippen LogP contribution in [-0.2, 0) is 19.1 Å². The molecule has 212 valence electrons. The maximum atomic E-state index is 13.8. The van der Waals surface area contributed by atoms with Gasteiger partial charge in [0, 0.05) is 25.1 Å². The van der Waals surface area contributed by atoms with E-state index in [0.717, 1.165) is 0 Å². The van der Waals surface area contributed by atoms with Crippen LogP contribution in [0.3, 0.4) is 0 Å². The molecule has 3 atom stereocenters. The standard InChI is InChI=1S/C28H49N3O6/c1-15-28(11,12)21(31(14)25(36)37-27(8,9)10)22(32)29-20(26(5,6)7)23(33)30(13)19(17(2)3)16-18(4)24(34)35/h15-17,19-21H,1H2,2-14H3,(H,29,32)(H,34,35)/t19-,20-,21?/m1/s1. The van der Waals surface area contributed by atoms with Crippen LogP contribution in [0.25, 0.3) is 0 Å². The molecule has 37 heavy (non-hydrogen) atoms. The lowest BCUT2D eigenvalue weighted by molar-refractivity contribution is -0.142. The molecule has 0 aliphatic carbocycles. The zero-order valence-corrected chi connectivity index (χ0v) is 25.1. The summed E-state index contributed by atoms with van der Waals surface area (Å²) in [5.74, 6) is -2.04. The van der Waals surface area contributed by atoms with Gasteiger partial charge in [-0.2, -0.15) is 0 Å². The number of nitrogens with zero attached hydrogens (tertiary/aromatic N) is 2. The van der Waals surface area contributed by atoms with Crippen LogP contribution in [0.1, 0.15) is 76.2 Å². The number of likely N-dealkylation sites (N-methyl/N-ethyl adjacent to an activating group) is 2. The van der Waals surface area contributed by atoms with Gasteiger partial charge in [-0.1, -0.05) is 60.6 Å². The maximum Gasteiger partial charge on any atom is 0.410 e. The zero-order chi connectivity index (χ0) is 29.7. The van der Waals surface area contributed by atoms with Crippen molar-refractivity contribution in [2.24, 2.45) is 16.7 Å². The molecular formula is C28H49N3O6. The number of carbonyl (C=O) groups excluding carboxylic acids is 3. The second-order valence-electron chi connectivity index (χ2n) is 12.7. The third-order valence-corrected chi connectivity index (χ3v) is 6.18. The van der Waals surface area contributed by atoms with Gasteiger partial charge in [0.15, 0.2) is 0 Å². The number of carboxylic acid groups (broad SMARTS) is 1. The van der Waals surface area contributed by atoms with E-state index >= 15 is 0 Å². The molecule has 2 N–H and O–H groups in total. The highest BCUT2D eigenvalue weighted by Crippen LogP contribution is 2.29. The van der Waals surface area contributed by atoms with Gasteiger partial charge in [-0.3, -0.25) is 14.5 Å². The predicted octanol–water partition coefficient (Wildman–Crippen LogP) is 4.48. The average Bonchev–Trinajstić information content (AvgIpc) is 2.72. The Morgan fingerprint density at radius 2 is 1.43 bits per heavy atom. The third kappa shape index (κ3) is 9.85. The number of carbonyl (C=O) groups is 4. The fourth-order valence-electron chi connectivity index (χ4n) is 3.86. The molecule has 0 spiro atoms. The molecule has 0 radical (unpaired) electrons. The van der Waals surface area contributed by atoms with Crippen molar-refractivity contribution in [2.75, 3.05) is 14.1 Å². The lowest BCUT2D eigenvalue weighted by Crippen LogP contribution is -2.62. The summed E-state index contributed by atoms with van der Waals surface area (Å²) in [6.45, 7) is 23.4. The fourth-order valence-corrected chi connectivity index (χ4v) is 3.86. The Bertz CT molecular complexity index is 893. The van der Waals surface area contributed by atoms with Crippen molar-refractivity contribution in [3.63, 3.8) is 0 Å². The molecule has 0 aromatic heterocycles. The number of hydrogen-bond donors (Lipinski definition) is 2. The number of carboxylic acids is 1. The van der Waals surface area contributed by atoms with E-state index in [0.29, 0.717) is 0 Å². The summed E-state index contributed by atoms with van der Waals surface area (Å²) >= 11 is 0. The van der Waals surface area contributed by atoms with Gasteiger partial charge in [0.05, 0.1) is 6.04 Å². The first-order valence-corrected chi connectivity index (χ1v) is 12.6. The summed E-state index contributed by atoms with van der Waals surface area (Å²) in [7, 11) is 3.08. The number of amides is 3. The van der Waals surface area contributed by atoms with E-state index in [4.69, 9.17) is 4.74 Å². The molecule has 0 aliphatic rings. The van der Waals surface area contributed by atoms with Gasteiger partial charge in [0.2, 0.25) is 11.8 Å². The van der Waals surface area contributed by atoms with Gasteiger partial charge >= 0.3 is 12.1 Å². The van der Waals surface area contributed by atoms with Gasteiger partial charge < -0.3 is 20.1 Å². The van der Waals surface area contributed by atoms with Crippen molar-refractivity contribution < 1.29 is 29.0 Å². The molecular weight excluding hydrogens is 474 g/mol. The Morgan fingerprint density at radius 3 is 1.78 bits per heavy atom. The Hall–Kier alpha value is -2.84. The first-order valence-electron chi connectivity index (χ1n) is 12.6. The Balaban J connectivity index is 6.39. The van der Waals surface area contributed by atoms with Crippen molar-refractivity contribution in [3.05, 3.63) is 24.3 Å². The second-order valence-corrected chi connectivity index (χ2v) is 12.7. The van der Waals surface area contributed by atoms with E-state index in [1.165, 1.54) is 23.8 Å². The molecule has 0 aliphatic heterocycles. The zero-order valence-electron chi connectivity index (χ0n) is 25.1. The van der Waals surface area contributed by atoms with Gasteiger partial charge in [-0.25, -0.2) is 9.59 Å². The highest BCUT2D eigenvalue weighted by molar-refractivity contribution is 5.92. The van der Waals surface area contributed by atoms with Crippen LogP contribution in [0.5, 0.6) is 0 Å². The number of rotatable bonds is 10. The SMILES string of the molecule is C=CC(C)(C)C(C(=O)N[C@H](C(=O)N(C)[C@H](C=C(C)C(=O)O)C(C)C)C(C)(C)C)N(C)C(=O)OC(C)(C)C. The summed E-state index contributed by atoms with van der Waals surface area (Å²) in [5.41, 5.74) is -2.18. The van der Waals surface area contributed by atoms with Crippen molar-refractivity contribution in [2.45, 2.75) is 99.9 Å². The van der Waals surface area contributed by atoms with Crippen LogP contribution in [0, 0.1) is 16.7 Å². The number of aliphatic carboxylic acids is 1. The molecule has 1 unspecified atom stereocenters. The minimum absolute atomic E-state index is 0.0784. The molecule has 9 nitrogen and oxygen atoms in total. The molecule has 0 fully saturated rings. The second kappa shape index (κ2) is 12.6. The highest BCUT2D eigenvalue weighted by Gasteiger charge is 2.44. The summed E-state index contributed by atoms with van der Waals surface area (Å²) < 4.78 is 5.49. The molecule has 0 saturated carbocycles. The molecule has 9 heteroatoms. The summed E-state index contributed by atoms with van der Waals surface area (Å²) in [4.78, 5) is 54.5. The number of hydrogen-bond acceptors (Lipinski definition) is 5. The van der Waals surface area contributed by atoms with Crippen molar-refractivity contribution in [1.29, 1.82) is 0 Å². The van der Waals surface area contributed by atoms with Gasteiger partial charge in [0.1, 0.15) is 17.7 Å². The first-order chi connectivity index (χ1) is 16.5. The van der Waals surface area contributed by atoms with Crippen LogP contribution in [0.15, 0.2) is 24.3 Å². The molecule has 0 aromatic carbocycles. The Kier molecular flexibility index (Phi) is 11.6. The summed E-state index contributed by atoms with van der Waals surface area (Å²) in [6.07, 6.45) is 2.46. The number of nitrogens with one attached hydrogen (secondary N) is 1.